The average molecular weight is 229 g/mol. The summed E-state index contributed by atoms with van der Waals surface area (Å²) >= 11 is 0. The zero-order valence-electron chi connectivity index (χ0n) is 10.8. The molecule has 3 rings (SSSR count). The second kappa shape index (κ2) is 4.81. The molecule has 92 valence electrons. The van der Waals surface area contributed by atoms with Crippen LogP contribution in [0, 0.1) is 5.92 Å². The van der Waals surface area contributed by atoms with Crippen molar-refractivity contribution in [2.45, 2.75) is 44.6 Å². The van der Waals surface area contributed by atoms with Gasteiger partial charge in [-0.25, -0.2) is 0 Å². The molecular formula is C16H23N. The molecule has 1 aromatic carbocycles. The Morgan fingerprint density at radius 2 is 1.82 bits per heavy atom. The minimum absolute atomic E-state index is 0.785. The van der Waals surface area contributed by atoms with Crippen LogP contribution in [0.1, 0.15) is 44.1 Å². The Morgan fingerprint density at radius 1 is 1.06 bits per heavy atom. The average Bonchev–Trinajstić information content (AvgIpc) is 2.28. The van der Waals surface area contributed by atoms with Crippen LogP contribution >= 0.6 is 0 Å². The van der Waals surface area contributed by atoms with Gasteiger partial charge in [0, 0.05) is 12.6 Å². The van der Waals surface area contributed by atoms with Gasteiger partial charge in [0.05, 0.1) is 0 Å². The topological polar surface area (TPSA) is 3.24 Å². The fourth-order valence-corrected chi connectivity index (χ4v) is 3.46. The lowest BCUT2D eigenvalue weighted by Crippen LogP contribution is -2.47. The first kappa shape index (κ1) is 11.3. The largest absolute Gasteiger partial charge is 0.300 e. The highest BCUT2D eigenvalue weighted by Gasteiger charge is 2.32. The van der Waals surface area contributed by atoms with Crippen molar-refractivity contribution in [1.29, 1.82) is 0 Å². The molecule has 0 bridgehead atoms. The summed E-state index contributed by atoms with van der Waals surface area (Å²) in [6, 6.07) is 12.0. The molecule has 2 atom stereocenters. The van der Waals surface area contributed by atoms with Crippen LogP contribution in [-0.2, 0) is 0 Å². The minimum Gasteiger partial charge on any atom is -0.300 e. The first-order valence-electron chi connectivity index (χ1n) is 7.13. The zero-order chi connectivity index (χ0) is 11.7. The summed E-state index contributed by atoms with van der Waals surface area (Å²) in [5.74, 6) is 1.60. The summed E-state index contributed by atoms with van der Waals surface area (Å²) in [4.78, 5) is 2.74. The lowest BCUT2D eigenvalue weighted by atomic mass is 9.79. The molecule has 1 nitrogen and oxygen atoms in total. The van der Waals surface area contributed by atoms with Crippen LogP contribution in [0.5, 0.6) is 0 Å². The van der Waals surface area contributed by atoms with E-state index in [0.717, 1.165) is 17.9 Å². The Hall–Kier alpha value is -0.820. The van der Waals surface area contributed by atoms with Gasteiger partial charge in [0.15, 0.2) is 0 Å². The highest BCUT2D eigenvalue weighted by Crippen LogP contribution is 2.36. The highest BCUT2D eigenvalue weighted by molar-refractivity contribution is 5.21. The number of rotatable bonds is 2. The van der Waals surface area contributed by atoms with Gasteiger partial charge in [-0.1, -0.05) is 43.7 Å². The summed E-state index contributed by atoms with van der Waals surface area (Å²) in [6.07, 6.45) is 5.70. The summed E-state index contributed by atoms with van der Waals surface area (Å²) in [5.41, 5.74) is 1.55. The Labute approximate surface area is 105 Å². The first-order valence-corrected chi connectivity index (χ1v) is 7.13. The van der Waals surface area contributed by atoms with Crippen molar-refractivity contribution in [3.63, 3.8) is 0 Å². The number of likely N-dealkylation sites (tertiary alicyclic amines) is 1. The molecule has 2 fully saturated rings. The normalized spacial score (nSPS) is 31.1. The van der Waals surface area contributed by atoms with E-state index in [4.69, 9.17) is 0 Å². The maximum atomic E-state index is 2.74. The van der Waals surface area contributed by atoms with Gasteiger partial charge >= 0.3 is 0 Å². The Kier molecular flexibility index (Phi) is 3.19. The van der Waals surface area contributed by atoms with Crippen molar-refractivity contribution >= 4 is 0 Å². The lowest BCUT2D eigenvalue weighted by molar-refractivity contribution is 0.0712. The Balaban J connectivity index is 1.66. The maximum absolute atomic E-state index is 2.74. The SMILES string of the molecule is C[C@H]1CN(C2CCC2)CCC1c1ccccc1. The molecule has 0 amide bonds. The molecule has 1 heterocycles. The van der Waals surface area contributed by atoms with Crippen molar-refractivity contribution in [2.24, 2.45) is 5.92 Å². The van der Waals surface area contributed by atoms with E-state index in [1.54, 1.807) is 5.56 Å². The molecule has 1 aliphatic heterocycles. The highest BCUT2D eigenvalue weighted by atomic mass is 15.2. The molecule has 1 saturated heterocycles. The van der Waals surface area contributed by atoms with Crippen LogP contribution < -0.4 is 0 Å². The first-order chi connectivity index (χ1) is 8.34. The molecule has 1 saturated carbocycles. The van der Waals surface area contributed by atoms with E-state index >= 15 is 0 Å². The van der Waals surface area contributed by atoms with Crippen LogP contribution in [0.3, 0.4) is 0 Å². The van der Waals surface area contributed by atoms with E-state index in [1.165, 1.54) is 38.8 Å². The molecule has 1 aromatic rings. The standard InChI is InChI=1S/C16H23N/c1-13-12-17(15-8-5-9-15)11-10-16(13)14-6-3-2-4-7-14/h2-4,6-7,13,15-16H,5,8-12H2,1H3/t13-,16?/m0/s1. The van der Waals surface area contributed by atoms with E-state index in [9.17, 15) is 0 Å². The molecule has 0 aromatic heterocycles. The molecule has 1 aliphatic carbocycles. The van der Waals surface area contributed by atoms with Gasteiger partial charge in [-0.15, -0.1) is 0 Å². The van der Waals surface area contributed by atoms with Gasteiger partial charge < -0.3 is 4.90 Å². The van der Waals surface area contributed by atoms with Gasteiger partial charge in [0.1, 0.15) is 0 Å². The third kappa shape index (κ3) is 2.26. The summed E-state index contributed by atoms with van der Waals surface area (Å²) in [5, 5.41) is 0. The minimum atomic E-state index is 0.785. The van der Waals surface area contributed by atoms with Crippen LogP contribution in [0.15, 0.2) is 30.3 Å². The smallest absolute Gasteiger partial charge is 0.00954 e. The van der Waals surface area contributed by atoms with Crippen LogP contribution in [0.4, 0.5) is 0 Å². The Morgan fingerprint density at radius 3 is 2.41 bits per heavy atom. The van der Waals surface area contributed by atoms with Gasteiger partial charge in [-0.2, -0.15) is 0 Å². The van der Waals surface area contributed by atoms with E-state index in [1.807, 2.05) is 0 Å². The van der Waals surface area contributed by atoms with E-state index in [0.29, 0.717) is 0 Å². The van der Waals surface area contributed by atoms with E-state index in [-0.39, 0.29) is 0 Å². The second-order valence-corrected chi connectivity index (χ2v) is 5.86. The molecule has 0 radical (unpaired) electrons. The van der Waals surface area contributed by atoms with Gasteiger partial charge in [0.25, 0.3) is 0 Å². The number of hydrogen-bond donors (Lipinski definition) is 0. The van der Waals surface area contributed by atoms with Crippen molar-refractivity contribution in [1.82, 2.24) is 4.90 Å². The molecule has 1 heteroatoms. The number of piperidine rings is 1. The van der Waals surface area contributed by atoms with Crippen molar-refractivity contribution in [3.05, 3.63) is 35.9 Å². The molecule has 0 N–H and O–H groups in total. The quantitative estimate of drug-likeness (QED) is 0.748. The third-order valence-electron chi connectivity index (χ3n) is 4.76. The predicted molar refractivity (Wildman–Crippen MR) is 72.2 cm³/mol. The second-order valence-electron chi connectivity index (χ2n) is 5.86. The summed E-state index contributed by atoms with van der Waals surface area (Å²) < 4.78 is 0. The maximum Gasteiger partial charge on any atom is 0.00954 e. The van der Waals surface area contributed by atoms with Crippen molar-refractivity contribution in [3.8, 4) is 0 Å². The van der Waals surface area contributed by atoms with E-state index in [2.05, 4.69) is 42.2 Å². The Bertz CT molecular complexity index is 355. The zero-order valence-corrected chi connectivity index (χ0v) is 10.8. The predicted octanol–water partition coefficient (Wildman–Crippen LogP) is 3.66. The van der Waals surface area contributed by atoms with Gasteiger partial charge in [0.2, 0.25) is 0 Å². The van der Waals surface area contributed by atoms with Gasteiger partial charge in [-0.05, 0) is 43.2 Å². The third-order valence-corrected chi connectivity index (χ3v) is 4.76. The van der Waals surface area contributed by atoms with Crippen LogP contribution in [0.25, 0.3) is 0 Å². The fraction of sp³-hybridized carbons (Fsp3) is 0.625. The van der Waals surface area contributed by atoms with Crippen LogP contribution in [0.2, 0.25) is 0 Å². The van der Waals surface area contributed by atoms with Crippen LogP contribution in [-0.4, -0.2) is 24.0 Å². The van der Waals surface area contributed by atoms with Crippen molar-refractivity contribution < 1.29 is 0 Å². The molecule has 17 heavy (non-hydrogen) atoms. The fourth-order valence-electron chi connectivity index (χ4n) is 3.46. The lowest BCUT2D eigenvalue weighted by Gasteiger charge is -2.44. The molecule has 1 unspecified atom stereocenters. The molecule has 2 aliphatic rings. The van der Waals surface area contributed by atoms with Crippen molar-refractivity contribution in [2.75, 3.05) is 13.1 Å². The number of benzene rings is 1. The molecular weight excluding hydrogens is 206 g/mol. The number of hydrogen-bond acceptors (Lipinski definition) is 1. The summed E-state index contributed by atoms with van der Waals surface area (Å²) in [6.45, 7) is 5.06. The molecule has 0 spiro atoms. The monoisotopic (exact) mass is 229 g/mol. The number of nitrogens with zero attached hydrogens (tertiary/aromatic N) is 1. The van der Waals surface area contributed by atoms with Gasteiger partial charge in [-0.3, -0.25) is 0 Å². The summed E-state index contributed by atoms with van der Waals surface area (Å²) in [7, 11) is 0. The van der Waals surface area contributed by atoms with E-state index < -0.39 is 0 Å².